The second kappa shape index (κ2) is 7.85. The number of rotatable bonds is 4. The largest absolute Gasteiger partial charge is 0.296 e. The molecule has 0 unspecified atom stereocenters. The summed E-state index contributed by atoms with van der Waals surface area (Å²) in [6.07, 6.45) is 1.48. The van der Waals surface area contributed by atoms with E-state index >= 15 is 0 Å². The van der Waals surface area contributed by atoms with Gasteiger partial charge in [0.15, 0.2) is 5.13 Å². The number of hydrogen-bond acceptors (Lipinski definition) is 5. The molecule has 5 aromatic rings. The van der Waals surface area contributed by atoms with Crippen molar-refractivity contribution in [3.05, 3.63) is 96.1 Å². The molecule has 0 spiro atoms. The minimum Gasteiger partial charge on any atom is -0.296 e. The van der Waals surface area contributed by atoms with Crippen molar-refractivity contribution < 1.29 is 4.79 Å². The van der Waals surface area contributed by atoms with Crippen LogP contribution in [0.5, 0.6) is 0 Å². The molecule has 0 aliphatic rings. The van der Waals surface area contributed by atoms with Gasteiger partial charge >= 0.3 is 0 Å². The summed E-state index contributed by atoms with van der Waals surface area (Å²) < 4.78 is 0. The van der Waals surface area contributed by atoms with Crippen molar-refractivity contribution in [3.63, 3.8) is 0 Å². The van der Waals surface area contributed by atoms with Gasteiger partial charge in [0.05, 0.1) is 22.9 Å². The molecular formula is C24H16N4OS. The van der Waals surface area contributed by atoms with E-state index in [0.717, 1.165) is 22.3 Å². The number of hydrogen-bond donors (Lipinski definition) is 1. The Balaban J connectivity index is 1.33. The van der Waals surface area contributed by atoms with Gasteiger partial charge in [-0.3, -0.25) is 15.1 Å². The third-order valence-electron chi connectivity index (χ3n) is 4.69. The van der Waals surface area contributed by atoms with E-state index in [9.17, 15) is 4.79 Å². The molecule has 5 nitrogen and oxygen atoms in total. The lowest BCUT2D eigenvalue weighted by Gasteiger charge is -2.03. The molecule has 5 rings (SSSR count). The summed E-state index contributed by atoms with van der Waals surface area (Å²) in [7, 11) is 0. The van der Waals surface area contributed by atoms with E-state index in [2.05, 4.69) is 44.5 Å². The maximum atomic E-state index is 12.6. The van der Waals surface area contributed by atoms with Crippen LogP contribution in [0.3, 0.4) is 0 Å². The predicted octanol–water partition coefficient (Wildman–Crippen LogP) is 5.67. The van der Waals surface area contributed by atoms with Crippen LogP contribution in [0.4, 0.5) is 5.13 Å². The zero-order valence-electron chi connectivity index (χ0n) is 15.8. The summed E-state index contributed by atoms with van der Waals surface area (Å²) in [6.45, 7) is 0. The lowest BCUT2D eigenvalue weighted by molar-refractivity contribution is 0.102. The van der Waals surface area contributed by atoms with E-state index in [-0.39, 0.29) is 11.6 Å². The van der Waals surface area contributed by atoms with Crippen molar-refractivity contribution in [2.45, 2.75) is 0 Å². The Morgan fingerprint density at radius 3 is 2.20 bits per heavy atom. The van der Waals surface area contributed by atoms with Crippen LogP contribution in [-0.4, -0.2) is 20.9 Å². The van der Waals surface area contributed by atoms with Crippen molar-refractivity contribution in [2.75, 3.05) is 5.32 Å². The van der Waals surface area contributed by atoms with Gasteiger partial charge in [0.1, 0.15) is 5.69 Å². The van der Waals surface area contributed by atoms with E-state index in [1.165, 1.54) is 23.1 Å². The molecule has 3 aromatic carbocycles. The summed E-state index contributed by atoms with van der Waals surface area (Å²) in [5, 5.41) is 5.27. The smallest absolute Gasteiger partial charge is 0.277 e. The second-order valence-corrected chi connectivity index (χ2v) is 7.54. The molecule has 1 amide bonds. The number of anilines is 1. The van der Waals surface area contributed by atoms with Gasteiger partial charge in [0.2, 0.25) is 0 Å². The number of amides is 1. The maximum absolute atomic E-state index is 12.6. The Morgan fingerprint density at radius 1 is 0.733 bits per heavy atom. The molecule has 0 saturated carbocycles. The van der Waals surface area contributed by atoms with Gasteiger partial charge in [0.25, 0.3) is 5.91 Å². The fourth-order valence-electron chi connectivity index (χ4n) is 3.16. The fourth-order valence-corrected chi connectivity index (χ4v) is 3.87. The number of fused-ring (bicyclic) bond motifs is 1. The van der Waals surface area contributed by atoms with Crippen molar-refractivity contribution in [1.82, 2.24) is 15.0 Å². The van der Waals surface area contributed by atoms with Gasteiger partial charge in [0, 0.05) is 10.9 Å². The van der Waals surface area contributed by atoms with Gasteiger partial charge in [-0.15, -0.1) is 11.3 Å². The van der Waals surface area contributed by atoms with Gasteiger partial charge in [-0.2, -0.15) is 0 Å². The Labute approximate surface area is 177 Å². The number of thiazole rings is 1. The highest BCUT2D eigenvalue weighted by Gasteiger charge is 2.12. The van der Waals surface area contributed by atoms with Gasteiger partial charge in [-0.25, -0.2) is 9.97 Å². The normalized spacial score (nSPS) is 10.8. The fraction of sp³-hybridized carbons (Fsp3) is 0. The first-order valence-corrected chi connectivity index (χ1v) is 10.3. The number of para-hydroxylation sites is 2. The molecular weight excluding hydrogens is 392 g/mol. The summed E-state index contributed by atoms with van der Waals surface area (Å²) >= 11 is 1.38. The first-order chi connectivity index (χ1) is 14.8. The summed E-state index contributed by atoms with van der Waals surface area (Å²) in [5.74, 6) is -0.325. The van der Waals surface area contributed by atoms with Crippen molar-refractivity contribution >= 4 is 33.4 Å². The number of carbonyl (C=O) groups is 1. The Bertz CT molecular complexity index is 1330. The van der Waals surface area contributed by atoms with E-state index in [1.807, 2.05) is 60.0 Å². The summed E-state index contributed by atoms with van der Waals surface area (Å²) in [5.41, 5.74) is 5.84. The van der Waals surface area contributed by atoms with E-state index in [1.54, 1.807) is 0 Å². The van der Waals surface area contributed by atoms with Crippen molar-refractivity contribution in [3.8, 4) is 22.4 Å². The number of carbonyl (C=O) groups excluding carboxylic acids is 1. The predicted molar refractivity (Wildman–Crippen MR) is 120 cm³/mol. The van der Waals surface area contributed by atoms with Gasteiger partial charge in [-0.05, 0) is 23.3 Å². The lowest BCUT2D eigenvalue weighted by Crippen LogP contribution is -2.14. The number of aromatic nitrogens is 3. The van der Waals surface area contributed by atoms with Crippen LogP contribution in [0.1, 0.15) is 10.5 Å². The average Bonchev–Trinajstić information content (AvgIpc) is 3.28. The second-order valence-electron chi connectivity index (χ2n) is 6.68. The van der Waals surface area contributed by atoms with Crippen LogP contribution in [-0.2, 0) is 0 Å². The third kappa shape index (κ3) is 3.68. The van der Waals surface area contributed by atoms with Gasteiger partial charge < -0.3 is 0 Å². The Kier molecular flexibility index (Phi) is 4.75. The van der Waals surface area contributed by atoms with Crippen LogP contribution in [0.2, 0.25) is 0 Å². The molecule has 0 atom stereocenters. The minimum atomic E-state index is -0.325. The van der Waals surface area contributed by atoms with Crippen LogP contribution in [0, 0.1) is 0 Å². The standard InChI is InChI=1S/C24H16N4OS/c29-23(21-14-25-19-8-4-5-9-20(19)26-21)28-24-27-22(15-30-24)18-12-10-17(11-13-18)16-6-2-1-3-7-16/h1-15H,(H,27,28,29). The average molecular weight is 408 g/mol. The topological polar surface area (TPSA) is 67.8 Å². The quantitative estimate of drug-likeness (QED) is 0.416. The third-order valence-corrected chi connectivity index (χ3v) is 5.45. The van der Waals surface area contributed by atoms with Crippen molar-refractivity contribution in [1.29, 1.82) is 0 Å². The number of nitrogens with one attached hydrogen (secondary N) is 1. The number of nitrogens with zero attached hydrogens (tertiary/aromatic N) is 3. The van der Waals surface area contributed by atoms with Crippen molar-refractivity contribution in [2.24, 2.45) is 0 Å². The Hall–Kier alpha value is -3.90. The highest BCUT2D eigenvalue weighted by molar-refractivity contribution is 7.14. The zero-order valence-corrected chi connectivity index (χ0v) is 16.6. The van der Waals surface area contributed by atoms with Crippen LogP contribution >= 0.6 is 11.3 Å². The molecule has 0 saturated heterocycles. The molecule has 2 aromatic heterocycles. The molecule has 0 aliphatic heterocycles. The van der Waals surface area contributed by atoms with E-state index < -0.39 is 0 Å². The number of benzene rings is 3. The summed E-state index contributed by atoms with van der Waals surface area (Å²) in [4.78, 5) is 25.8. The van der Waals surface area contributed by atoms with Gasteiger partial charge in [-0.1, -0.05) is 66.7 Å². The van der Waals surface area contributed by atoms with Crippen LogP contribution < -0.4 is 5.32 Å². The molecule has 0 fully saturated rings. The highest BCUT2D eigenvalue weighted by atomic mass is 32.1. The molecule has 0 radical (unpaired) electrons. The molecule has 2 heterocycles. The van der Waals surface area contributed by atoms with Crippen LogP contribution in [0.15, 0.2) is 90.4 Å². The van der Waals surface area contributed by atoms with E-state index in [4.69, 9.17) is 0 Å². The first kappa shape index (κ1) is 18.1. The lowest BCUT2D eigenvalue weighted by atomic mass is 10.0. The monoisotopic (exact) mass is 408 g/mol. The molecule has 6 heteroatoms. The Morgan fingerprint density at radius 2 is 1.40 bits per heavy atom. The first-order valence-electron chi connectivity index (χ1n) is 9.41. The highest BCUT2D eigenvalue weighted by Crippen LogP contribution is 2.27. The molecule has 1 N–H and O–H groups in total. The molecule has 144 valence electrons. The molecule has 0 bridgehead atoms. The van der Waals surface area contributed by atoms with E-state index in [0.29, 0.717) is 10.6 Å². The molecule has 0 aliphatic carbocycles. The van der Waals surface area contributed by atoms with Crippen LogP contribution in [0.25, 0.3) is 33.4 Å². The zero-order chi connectivity index (χ0) is 20.3. The SMILES string of the molecule is O=C(Nc1nc(-c2ccc(-c3ccccc3)cc2)cs1)c1cnc2ccccc2n1. The molecule has 30 heavy (non-hydrogen) atoms. The maximum Gasteiger partial charge on any atom is 0.277 e. The summed E-state index contributed by atoms with van der Waals surface area (Å²) in [6, 6.07) is 25.9. The minimum absolute atomic E-state index is 0.262.